The molecule has 31 heavy (non-hydrogen) atoms. The van der Waals surface area contributed by atoms with Crippen LogP contribution < -0.4 is 0 Å². The fourth-order valence-corrected chi connectivity index (χ4v) is 5.95. The number of fused-ring (bicyclic) bond motifs is 2. The van der Waals surface area contributed by atoms with Crippen LogP contribution in [0.1, 0.15) is 55.2 Å². The second-order valence-electron chi connectivity index (χ2n) is 10.1. The van der Waals surface area contributed by atoms with Crippen LogP contribution in [-0.4, -0.2) is 39.2 Å². The van der Waals surface area contributed by atoms with E-state index in [1.165, 1.54) is 40.5 Å². The van der Waals surface area contributed by atoms with Gasteiger partial charge in [-0.3, -0.25) is 0 Å². The predicted molar refractivity (Wildman–Crippen MR) is 129 cm³/mol. The summed E-state index contributed by atoms with van der Waals surface area (Å²) in [7, 11) is 0. The molecular weight excluding hydrogens is 450 g/mol. The summed E-state index contributed by atoms with van der Waals surface area (Å²) in [4.78, 5) is 7.50. The van der Waals surface area contributed by atoms with E-state index in [1.54, 1.807) is 0 Å². The molecule has 0 amide bonds. The van der Waals surface area contributed by atoms with Gasteiger partial charge in [-0.25, -0.2) is 4.98 Å². The zero-order valence-electron chi connectivity index (χ0n) is 18.7. The van der Waals surface area contributed by atoms with E-state index in [9.17, 15) is 5.11 Å². The summed E-state index contributed by atoms with van der Waals surface area (Å²) in [5.41, 5.74) is 5.45. The molecule has 2 aromatic carbocycles. The number of aryl methyl sites for hydroxylation is 1. The highest BCUT2D eigenvalue weighted by Crippen LogP contribution is 2.35. The van der Waals surface area contributed by atoms with Gasteiger partial charge in [-0.1, -0.05) is 28.1 Å². The molecule has 2 aliphatic rings. The number of nitrogens with zero attached hydrogens (tertiary/aromatic N) is 3. The summed E-state index contributed by atoms with van der Waals surface area (Å²) in [5.74, 6) is 1.52. The number of benzene rings is 2. The standard InChI is InChI=1S/C26H32BrN3O/c1-17-4-7-24-23(12-17)28-25(26(2,3)31)30(24)22-8-10-29(11-9-22)16-18-13-19-5-6-21(27)15-20(19)14-18/h4-7,12,15,18,22,31H,8-11,13-14,16H2,1-3H3/t18-/m0/s1. The van der Waals surface area contributed by atoms with Crippen molar-refractivity contribution < 1.29 is 5.11 Å². The second kappa shape index (κ2) is 8.02. The quantitative estimate of drug-likeness (QED) is 0.543. The molecule has 1 saturated heterocycles. The fourth-order valence-electron chi connectivity index (χ4n) is 5.54. The number of aromatic nitrogens is 2. The number of piperidine rings is 1. The van der Waals surface area contributed by atoms with Crippen LogP contribution in [0.4, 0.5) is 0 Å². The van der Waals surface area contributed by atoms with E-state index in [0.29, 0.717) is 6.04 Å². The number of rotatable bonds is 4. The Morgan fingerprint density at radius 1 is 1.06 bits per heavy atom. The lowest BCUT2D eigenvalue weighted by atomic mass is 9.99. The average Bonchev–Trinajstić information content (AvgIpc) is 3.28. The number of likely N-dealkylation sites (tertiary alicyclic amines) is 1. The first-order valence-electron chi connectivity index (χ1n) is 11.5. The maximum Gasteiger partial charge on any atom is 0.141 e. The van der Waals surface area contributed by atoms with Crippen molar-refractivity contribution in [2.45, 2.75) is 58.1 Å². The van der Waals surface area contributed by atoms with Crippen molar-refractivity contribution in [1.82, 2.24) is 14.5 Å². The Morgan fingerprint density at radius 2 is 1.81 bits per heavy atom. The van der Waals surface area contributed by atoms with Crippen LogP contribution in [0.25, 0.3) is 11.0 Å². The van der Waals surface area contributed by atoms with Crippen molar-refractivity contribution in [2.24, 2.45) is 5.92 Å². The Bertz CT molecular complexity index is 1110. The summed E-state index contributed by atoms with van der Waals surface area (Å²) >= 11 is 3.61. The molecule has 1 aliphatic heterocycles. The third-order valence-corrected chi connectivity index (χ3v) is 7.51. The van der Waals surface area contributed by atoms with E-state index in [2.05, 4.69) is 68.7 Å². The fraction of sp³-hybridized carbons (Fsp3) is 0.500. The number of aliphatic hydroxyl groups is 1. The Morgan fingerprint density at radius 3 is 2.55 bits per heavy atom. The van der Waals surface area contributed by atoms with Gasteiger partial charge in [0, 0.05) is 30.1 Å². The van der Waals surface area contributed by atoms with Crippen molar-refractivity contribution in [1.29, 1.82) is 0 Å². The molecule has 1 aliphatic carbocycles. The first-order chi connectivity index (χ1) is 14.8. The molecule has 5 heteroatoms. The maximum atomic E-state index is 10.8. The minimum absolute atomic E-state index is 0.391. The van der Waals surface area contributed by atoms with Crippen molar-refractivity contribution in [3.63, 3.8) is 0 Å². The van der Waals surface area contributed by atoms with Crippen LogP contribution in [0.3, 0.4) is 0 Å². The van der Waals surface area contributed by atoms with E-state index >= 15 is 0 Å². The van der Waals surface area contributed by atoms with Crippen LogP contribution in [-0.2, 0) is 18.4 Å². The molecule has 5 rings (SSSR count). The van der Waals surface area contributed by atoms with E-state index in [1.807, 2.05) is 13.8 Å². The summed E-state index contributed by atoms with van der Waals surface area (Å²) in [5, 5.41) is 10.8. The zero-order chi connectivity index (χ0) is 21.8. The molecule has 0 spiro atoms. The van der Waals surface area contributed by atoms with Crippen LogP contribution in [0.2, 0.25) is 0 Å². The van der Waals surface area contributed by atoms with Crippen molar-refractivity contribution in [3.8, 4) is 0 Å². The maximum absolute atomic E-state index is 10.8. The van der Waals surface area contributed by atoms with E-state index in [-0.39, 0.29) is 0 Å². The van der Waals surface area contributed by atoms with Crippen LogP contribution in [0.15, 0.2) is 40.9 Å². The molecule has 0 saturated carbocycles. The minimum atomic E-state index is -0.950. The molecule has 3 aromatic rings. The molecule has 0 radical (unpaired) electrons. The third-order valence-electron chi connectivity index (χ3n) is 7.02. The van der Waals surface area contributed by atoms with E-state index in [4.69, 9.17) is 4.98 Å². The highest BCUT2D eigenvalue weighted by molar-refractivity contribution is 9.10. The summed E-state index contributed by atoms with van der Waals surface area (Å²) < 4.78 is 3.52. The molecular formula is C26H32BrN3O. The van der Waals surface area contributed by atoms with E-state index in [0.717, 1.165) is 48.7 Å². The van der Waals surface area contributed by atoms with Crippen molar-refractivity contribution in [2.75, 3.05) is 19.6 Å². The van der Waals surface area contributed by atoms with Gasteiger partial charge in [0.1, 0.15) is 11.4 Å². The highest BCUT2D eigenvalue weighted by Gasteiger charge is 2.31. The molecule has 1 fully saturated rings. The summed E-state index contributed by atoms with van der Waals surface area (Å²) in [6.45, 7) is 9.20. The highest BCUT2D eigenvalue weighted by atomic mass is 79.9. The average molecular weight is 482 g/mol. The molecule has 0 unspecified atom stereocenters. The second-order valence-corrected chi connectivity index (χ2v) is 11.0. The minimum Gasteiger partial charge on any atom is -0.383 e. The van der Waals surface area contributed by atoms with Gasteiger partial charge in [-0.15, -0.1) is 0 Å². The molecule has 164 valence electrons. The molecule has 2 heterocycles. The topological polar surface area (TPSA) is 41.3 Å². The molecule has 4 nitrogen and oxygen atoms in total. The lowest BCUT2D eigenvalue weighted by Crippen LogP contribution is -2.39. The molecule has 1 N–H and O–H groups in total. The SMILES string of the molecule is Cc1ccc2c(c1)nc(C(C)(C)O)n2C1CCN(C[C@H]2Cc3ccc(Br)cc3C2)CC1. The Hall–Kier alpha value is -1.69. The lowest BCUT2D eigenvalue weighted by molar-refractivity contribution is 0.0603. The van der Waals surface area contributed by atoms with Gasteiger partial charge in [0.15, 0.2) is 0 Å². The smallest absolute Gasteiger partial charge is 0.141 e. The first kappa shape index (κ1) is 21.2. The monoisotopic (exact) mass is 481 g/mol. The van der Waals surface area contributed by atoms with Gasteiger partial charge < -0.3 is 14.6 Å². The van der Waals surface area contributed by atoms with Gasteiger partial charge in [0.2, 0.25) is 0 Å². The zero-order valence-corrected chi connectivity index (χ0v) is 20.3. The van der Waals surface area contributed by atoms with Crippen molar-refractivity contribution >= 4 is 27.0 Å². The van der Waals surface area contributed by atoms with Crippen molar-refractivity contribution in [3.05, 3.63) is 63.4 Å². The lowest BCUT2D eigenvalue weighted by Gasteiger charge is -2.35. The van der Waals surface area contributed by atoms with Gasteiger partial charge in [0.05, 0.1) is 11.0 Å². The molecule has 0 bridgehead atoms. The normalized spacial score (nSPS) is 20.5. The van der Waals surface area contributed by atoms with Crippen LogP contribution in [0.5, 0.6) is 0 Å². The van der Waals surface area contributed by atoms with E-state index < -0.39 is 5.60 Å². The molecule has 1 aromatic heterocycles. The Labute approximate surface area is 193 Å². The van der Waals surface area contributed by atoms with Crippen LogP contribution in [0, 0.1) is 12.8 Å². The Balaban J connectivity index is 1.29. The predicted octanol–water partition coefficient (Wildman–Crippen LogP) is 5.39. The van der Waals surface area contributed by atoms with Gasteiger partial charge in [-0.2, -0.15) is 0 Å². The summed E-state index contributed by atoms with van der Waals surface area (Å²) in [6.07, 6.45) is 4.61. The van der Waals surface area contributed by atoms with Gasteiger partial charge in [0.25, 0.3) is 0 Å². The van der Waals surface area contributed by atoms with Gasteiger partial charge in [-0.05, 0) is 93.3 Å². The number of halogens is 1. The van der Waals surface area contributed by atoms with Crippen LogP contribution >= 0.6 is 15.9 Å². The summed E-state index contributed by atoms with van der Waals surface area (Å²) in [6, 6.07) is 13.6. The largest absolute Gasteiger partial charge is 0.383 e. The first-order valence-corrected chi connectivity index (χ1v) is 12.3. The Kier molecular flexibility index (Phi) is 5.48. The third kappa shape index (κ3) is 4.20. The molecule has 1 atom stereocenters. The van der Waals surface area contributed by atoms with Gasteiger partial charge >= 0.3 is 0 Å². The number of hydrogen-bond acceptors (Lipinski definition) is 3. The number of imidazole rings is 1. The number of hydrogen-bond donors (Lipinski definition) is 1.